The van der Waals surface area contributed by atoms with Gasteiger partial charge >= 0.3 is 0 Å². The predicted octanol–water partition coefficient (Wildman–Crippen LogP) is 2.74. The summed E-state index contributed by atoms with van der Waals surface area (Å²) in [6.45, 7) is 0.743. The van der Waals surface area contributed by atoms with Crippen molar-refractivity contribution in [2.24, 2.45) is 5.92 Å². The van der Waals surface area contributed by atoms with Crippen LogP contribution < -0.4 is 5.32 Å². The fraction of sp³-hybridized carbons (Fsp3) is 0.235. The number of benzene rings is 2. The van der Waals surface area contributed by atoms with Gasteiger partial charge in [0, 0.05) is 12.0 Å². The van der Waals surface area contributed by atoms with Crippen molar-refractivity contribution in [2.45, 2.75) is 11.8 Å². The standard InChI is InChI=1S/C17H17NO/c19-13-18-12-16-11-17(16,14-7-3-1-4-8-14)15-9-5-2-6-10-15/h1-10,13,16H,11-12H2,(H,18,19). The first-order valence-corrected chi connectivity index (χ1v) is 6.66. The normalized spacial score (nSPS) is 19.7. The van der Waals surface area contributed by atoms with E-state index >= 15 is 0 Å². The average Bonchev–Trinajstić information content (AvgIpc) is 3.23. The van der Waals surface area contributed by atoms with E-state index in [1.807, 2.05) is 12.1 Å². The second-order valence-electron chi connectivity index (χ2n) is 5.13. The molecule has 3 rings (SSSR count). The third kappa shape index (κ3) is 2.03. The van der Waals surface area contributed by atoms with Gasteiger partial charge in [0.2, 0.25) is 6.41 Å². The summed E-state index contributed by atoms with van der Waals surface area (Å²) in [7, 11) is 0. The topological polar surface area (TPSA) is 29.1 Å². The summed E-state index contributed by atoms with van der Waals surface area (Å²) < 4.78 is 0. The molecule has 1 saturated carbocycles. The summed E-state index contributed by atoms with van der Waals surface area (Å²) >= 11 is 0. The molecule has 96 valence electrons. The highest BCUT2D eigenvalue weighted by molar-refractivity contribution is 5.50. The number of hydrogen-bond donors (Lipinski definition) is 1. The molecule has 19 heavy (non-hydrogen) atoms. The Bertz CT molecular complexity index is 510. The second-order valence-corrected chi connectivity index (χ2v) is 5.13. The maximum atomic E-state index is 10.5. The van der Waals surface area contributed by atoms with Gasteiger partial charge in [0.1, 0.15) is 0 Å². The number of rotatable bonds is 5. The monoisotopic (exact) mass is 251 g/mol. The van der Waals surface area contributed by atoms with Gasteiger partial charge in [-0.3, -0.25) is 4.79 Å². The van der Waals surface area contributed by atoms with E-state index in [0.717, 1.165) is 19.4 Å². The Morgan fingerprint density at radius 1 is 1.00 bits per heavy atom. The summed E-state index contributed by atoms with van der Waals surface area (Å²) in [6, 6.07) is 21.2. The van der Waals surface area contributed by atoms with Gasteiger partial charge in [-0.05, 0) is 23.5 Å². The first-order chi connectivity index (χ1) is 9.38. The van der Waals surface area contributed by atoms with Crippen LogP contribution >= 0.6 is 0 Å². The lowest BCUT2D eigenvalue weighted by atomic mass is 9.86. The zero-order chi connectivity index (χ0) is 13.1. The minimum absolute atomic E-state index is 0.0819. The molecule has 0 bridgehead atoms. The number of nitrogens with one attached hydrogen (secondary N) is 1. The number of amides is 1. The van der Waals surface area contributed by atoms with Crippen molar-refractivity contribution < 1.29 is 4.79 Å². The van der Waals surface area contributed by atoms with E-state index in [1.54, 1.807) is 0 Å². The molecule has 1 atom stereocenters. The summed E-state index contributed by atoms with van der Waals surface area (Å²) in [5, 5.41) is 2.82. The maximum Gasteiger partial charge on any atom is 0.207 e. The van der Waals surface area contributed by atoms with Crippen LogP contribution in [0.4, 0.5) is 0 Å². The van der Waals surface area contributed by atoms with Gasteiger partial charge in [0.25, 0.3) is 0 Å². The molecule has 1 amide bonds. The third-order valence-corrected chi connectivity index (χ3v) is 4.13. The summed E-state index contributed by atoms with van der Waals surface area (Å²) in [6.07, 6.45) is 1.89. The Labute approximate surface area is 113 Å². The average molecular weight is 251 g/mol. The highest BCUT2D eigenvalue weighted by atomic mass is 16.1. The molecule has 2 heteroatoms. The zero-order valence-electron chi connectivity index (χ0n) is 10.8. The summed E-state index contributed by atoms with van der Waals surface area (Å²) in [4.78, 5) is 10.5. The maximum absolute atomic E-state index is 10.5. The highest BCUT2D eigenvalue weighted by Gasteiger charge is 2.55. The van der Waals surface area contributed by atoms with Crippen LogP contribution in [0.2, 0.25) is 0 Å². The second kappa shape index (κ2) is 4.88. The van der Waals surface area contributed by atoms with Crippen LogP contribution in [-0.4, -0.2) is 13.0 Å². The molecule has 1 N–H and O–H groups in total. The Balaban J connectivity index is 1.97. The largest absolute Gasteiger partial charge is 0.358 e. The van der Waals surface area contributed by atoms with Crippen LogP contribution in [0, 0.1) is 5.92 Å². The van der Waals surface area contributed by atoms with Gasteiger partial charge in [-0.1, -0.05) is 60.7 Å². The van der Waals surface area contributed by atoms with E-state index in [4.69, 9.17) is 0 Å². The van der Waals surface area contributed by atoms with E-state index in [0.29, 0.717) is 5.92 Å². The smallest absolute Gasteiger partial charge is 0.207 e. The lowest BCUT2D eigenvalue weighted by molar-refractivity contribution is -0.109. The molecule has 2 aromatic carbocycles. The van der Waals surface area contributed by atoms with Gasteiger partial charge in [-0.25, -0.2) is 0 Å². The van der Waals surface area contributed by atoms with Crippen LogP contribution in [0.25, 0.3) is 0 Å². The summed E-state index contributed by atoms with van der Waals surface area (Å²) in [5.41, 5.74) is 2.77. The van der Waals surface area contributed by atoms with Crippen LogP contribution in [0.15, 0.2) is 60.7 Å². The van der Waals surface area contributed by atoms with Gasteiger partial charge in [0.15, 0.2) is 0 Å². The van der Waals surface area contributed by atoms with Crippen molar-refractivity contribution in [3.8, 4) is 0 Å². The summed E-state index contributed by atoms with van der Waals surface area (Å²) in [5.74, 6) is 0.488. The molecule has 1 aliphatic rings. The molecule has 0 heterocycles. The van der Waals surface area contributed by atoms with Crippen molar-refractivity contribution in [2.75, 3.05) is 6.54 Å². The lowest BCUT2D eigenvalue weighted by Gasteiger charge is -2.19. The van der Waals surface area contributed by atoms with E-state index in [9.17, 15) is 4.79 Å². The molecule has 0 saturated heterocycles. The Kier molecular flexibility index (Phi) is 3.08. The van der Waals surface area contributed by atoms with Crippen LogP contribution in [0.5, 0.6) is 0 Å². The fourth-order valence-electron chi connectivity index (χ4n) is 3.11. The lowest BCUT2D eigenvalue weighted by Crippen LogP contribution is -2.21. The number of carbonyl (C=O) groups excluding carboxylic acids is 1. The molecular weight excluding hydrogens is 234 g/mol. The fourth-order valence-corrected chi connectivity index (χ4v) is 3.11. The van der Waals surface area contributed by atoms with Gasteiger partial charge in [-0.2, -0.15) is 0 Å². The molecule has 0 spiro atoms. The molecule has 0 aromatic heterocycles. The Morgan fingerprint density at radius 3 is 2.00 bits per heavy atom. The molecule has 0 radical (unpaired) electrons. The zero-order valence-corrected chi connectivity index (χ0v) is 10.8. The van der Waals surface area contributed by atoms with Gasteiger partial charge in [0.05, 0.1) is 0 Å². The van der Waals surface area contributed by atoms with Gasteiger partial charge < -0.3 is 5.32 Å². The minimum Gasteiger partial charge on any atom is -0.358 e. The van der Waals surface area contributed by atoms with E-state index in [1.165, 1.54) is 11.1 Å². The van der Waals surface area contributed by atoms with Crippen molar-refractivity contribution in [3.63, 3.8) is 0 Å². The predicted molar refractivity (Wildman–Crippen MR) is 75.8 cm³/mol. The molecule has 2 nitrogen and oxygen atoms in total. The molecule has 1 fully saturated rings. The van der Waals surface area contributed by atoms with Crippen LogP contribution in [-0.2, 0) is 10.2 Å². The number of carbonyl (C=O) groups is 1. The SMILES string of the molecule is O=CNCC1CC1(c1ccccc1)c1ccccc1. The molecule has 2 aromatic rings. The van der Waals surface area contributed by atoms with Crippen molar-refractivity contribution >= 4 is 6.41 Å². The van der Waals surface area contributed by atoms with Crippen molar-refractivity contribution in [1.82, 2.24) is 5.32 Å². The van der Waals surface area contributed by atoms with Crippen molar-refractivity contribution in [1.29, 1.82) is 0 Å². The minimum atomic E-state index is 0.0819. The van der Waals surface area contributed by atoms with Gasteiger partial charge in [-0.15, -0.1) is 0 Å². The first kappa shape index (κ1) is 12.0. The van der Waals surface area contributed by atoms with E-state index in [2.05, 4.69) is 53.8 Å². The quantitative estimate of drug-likeness (QED) is 0.813. The highest BCUT2D eigenvalue weighted by Crippen LogP contribution is 2.58. The Morgan fingerprint density at radius 2 is 1.53 bits per heavy atom. The molecule has 0 aliphatic heterocycles. The van der Waals surface area contributed by atoms with E-state index in [-0.39, 0.29) is 5.41 Å². The molecule has 1 aliphatic carbocycles. The third-order valence-electron chi connectivity index (χ3n) is 4.13. The van der Waals surface area contributed by atoms with Crippen molar-refractivity contribution in [3.05, 3.63) is 71.8 Å². The van der Waals surface area contributed by atoms with E-state index < -0.39 is 0 Å². The molecular formula is C17H17NO. The van der Waals surface area contributed by atoms with Crippen LogP contribution in [0.3, 0.4) is 0 Å². The number of hydrogen-bond acceptors (Lipinski definition) is 1. The van der Waals surface area contributed by atoms with Crippen LogP contribution in [0.1, 0.15) is 17.5 Å². The molecule has 1 unspecified atom stereocenters. The first-order valence-electron chi connectivity index (χ1n) is 6.66. The Hall–Kier alpha value is -2.09.